The number of aliphatic carboxylic acids is 1. The minimum absolute atomic E-state index is 2.56. The zero-order valence-electron chi connectivity index (χ0n) is 42.9. The smallest absolute Gasteiger partial charge is 0.303 e. The van der Waals surface area contributed by atoms with E-state index in [1.165, 1.54) is 0 Å². The van der Waals surface area contributed by atoms with E-state index >= 15 is 0 Å². The molecule has 20 heavy (non-hydrogen) atoms. The minimum Gasteiger partial charge on any atom is -0.481 e. The van der Waals surface area contributed by atoms with Crippen LogP contribution in [0.1, 0.15) is 141 Å². The van der Waals surface area contributed by atoms with Gasteiger partial charge in [0.1, 0.15) is 0 Å². The molecule has 0 fully saturated rings. The highest BCUT2D eigenvalue weighted by atomic mass is 16.4. The predicted octanol–water partition coefficient (Wildman–Crippen LogP) is 6.11. The summed E-state index contributed by atoms with van der Waals surface area (Å²) in [6.07, 6.45) is -66.4. The van der Waals surface area contributed by atoms with E-state index in [9.17, 15) is 4.79 Å². The second kappa shape index (κ2) is 16.3. The molecule has 0 aromatic heterocycles. The van der Waals surface area contributed by atoms with Crippen LogP contribution in [0.5, 0.6) is 0 Å². The van der Waals surface area contributed by atoms with E-state index in [2.05, 4.69) is 0 Å². The van der Waals surface area contributed by atoms with Crippen molar-refractivity contribution in [3.63, 3.8) is 0 Å². The van der Waals surface area contributed by atoms with Crippen LogP contribution in [0.2, 0.25) is 0 Å². The third kappa shape index (κ3) is 17.2. The molecule has 0 aromatic rings. The lowest BCUT2D eigenvalue weighted by Crippen LogP contribution is -1.93. The third-order valence-corrected chi connectivity index (χ3v) is 1.04. The van der Waals surface area contributed by atoms with Gasteiger partial charge in [-0.1, -0.05) is 69.9 Å². The van der Waals surface area contributed by atoms with Crippen LogP contribution < -0.4 is 0 Å². The van der Waals surface area contributed by atoms with Gasteiger partial charge in [-0.05, 0) is 31.9 Å². The van der Waals surface area contributed by atoms with Crippen LogP contribution in [0, 0.1) is 0 Å². The maximum Gasteiger partial charge on any atom is 0.303 e. The van der Waals surface area contributed by atoms with E-state index in [1.54, 1.807) is 0 Å². The highest BCUT2D eigenvalue weighted by Crippen LogP contribution is 2.09. The number of carbonyl (C=O) groups is 1. The first kappa shape index (κ1) is 2.43. The average Bonchev–Trinajstić information content (AvgIpc) is 2.93. The fraction of sp³-hybridized carbons (Fsp3) is 0.833. The van der Waals surface area contributed by atoms with E-state index < -0.39 is 114 Å². The van der Waals surface area contributed by atoms with Crippen LogP contribution >= 0.6 is 0 Å². The van der Waals surface area contributed by atoms with Crippen LogP contribution in [0.4, 0.5) is 0 Å². The van der Waals surface area contributed by atoms with Crippen molar-refractivity contribution < 1.29 is 55.1 Å². The molecule has 0 aliphatic heterocycles. The number of hydrogen-bond donors (Lipinski definition) is 1. The molecule has 0 saturated heterocycles. The van der Waals surface area contributed by atoms with Gasteiger partial charge in [-0.3, -0.25) is 4.79 Å². The summed E-state index contributed by atoms with van der Waals surface area (Å²) in [5.41, 5.74) is 0. The van der Waals surface area contributed by atoms with Crippen LogP contribution in [0.15, 0.2) is 12.1 Å². The van der Waals surface area contributed by atoms with Crippen molar-refractivity contribution in [1.29, 1.82) is 0 Å². The Labute approximate surface area is 172 Å². The normalized spacial score (nSPS) is 47.3. The van der Waals surface area contributed by atoms with Gasteiger partial charge in [0, 0.05) is 48.9 Å². The van der Waals surface area contributed by atoms with Gasteiger partial charge in [0.05, 0.1) is 2.74 Å². The largest absolute Gasteiger partial charge is 0.481 e. The van der Waals surface area contributed by atoms with Crippen molar-refractivity contribution in [3.05, 3.63) is 12.1 Å². The molecule has 0 aliphatic rings. The Morgan fingerprint density at radius 2 is 1.45 bits per heavy atom. The summed E-state index contributed by atoms with van der Waals surface area (Å²) in [7, 11) is 0. The first-order valence-electron chi connectivity index (χ1n) is 21.2. The van der Waals surface area contributed by atoms with Crippen molar-refractivity contribution in [2.24, 2.45) is 0 Å². The van der Waals surface area contributed by atoms with Gasteiger partial charge in [-0.15, -0.1) is 0 Å². The Kier molecular flexibility index (Phi) is 1.98. The maximum atomic E-state index is 11.3. The Morgan fingerprint density at radius 3 is 2.00 bits per heavy atom. The van der Waals surface area contributed by atoms with Gasteiger partial charge in [0.25, 0.3) is 0 Å². The average molecular weight is 316 g/mol. The molecule has 1 N–H and O–H groups in total. The number of carboxylic acids is 1. The van der Waals surface area contributed by atoms with Gasteiger partial charge < -0.3 is 5.11 Å². The minimum atomic E-state index is -4.92. The molecule has 0 heterocycles. The van der Waals surface area contributed by atoms with Crippen molar-refractivity contribution >= 4 is 5.97 Å². The summed E-state index contributed by atoms with van der Waals surface area (Å²) < 4.78 is 260. The van der Waals surface area contributed by atoms with Crippen LogP contribution in [-0.4, -0.2) is 11.1 Å². The lowest BCUT2D eigenvalue weighted by atomic mass is 10.1. The molecule has 0 unspecified atom stereocenters. The third-order valence-electron chi connectivity index (χ3n) is 1.04. The molecule has 0 radical (unpaired) electrons. The van der Waals surface area contributed by atoms with Crippen LogP contribution in [0.3, 0.4) is 0 Å². The summed E-state index contributed by atoms with van der Waals surface area (Å²) in [5, 5.41) is 9.05. The lowest BCUT2D eigenvalue weighted by Gasteiger charge is -1.99. The first-order chi connectivity index (χ1) is 22.3. The fourth-order valence-electron chi connectivity index (χ4n) is 0.491. The molecular weight excluding hydrogens is 248 g/mol. The molecule has 0 spiro atoms. The second-order valence-corrected chi connectivity index (χ2v) is 2.31. The van der Waals surface area contributed by atoms with E-state index in [0.29, 0.717) is 0 Å². The van der Waals surface area contributed by atoms with E-state index in [-0.39, 0.29) is 0 Å². The highest BCUT2D eigenvalue weighted by Gasteiger charge is 1.95. The molecule has 2 heteroatoms. The molecule has 0 saturated carbocycles. The summed E-state index contributed by atoms with van der Waals surface area (Å²) >= 11 is 0. The van der Waals surface area contributed by atoms with E-state index in [1.807, 2.05) is 0 Å². The molecule has 0 amide bonds. The standard InChI is InChI=1S/C18H34O2/c1-2-3-4-5-6-7-8-9-10-11-12-13-14-15-16-17-18(19)20/h9-10H,2-8,11-17H2,1H3,(H,19,20)/b10-9+/i1D3,2D2,3D2,4D2,5D2,6D2,7D2,8D2,9D,10D,11D2,12D2,13D2,14D2,15D2,16D2,17D2. The summed E-state index contributed by atoms with van der Waals surface area (Å²) in [4.78, 5) is 11.3. The summed E-state index contributed by atoms with van der Waals surface area (Å²) in [6, 6.07) is -5.12. The molecule has 0 aromatic carbocycles. The SMILES string of the molecule is [2H]/C(=C(/[2H])C([2H])([2H])C([2H])([2H])C([2H])([2H])C([2H])([2H])C([2H])([2H])C([2H])([2H])C([2H])([2H])C([2H])([2H])[2H])C([2H])([2H])C([2H])([2H])C([2H])([2H])C([2H])([2H])C([2H])([2H])C([2H])([2H])C([2H])([2H])C(=O)O. The van der Waals surface area contributed by atoms with Gasteiger partial charge in [0.2, 0.25) is 0 Å². The van der Waals surface area contributed by atoms with Crippen molar-refractivity contribution in [2.75, 3.05) is 0 Å². The number of hydrogen-bond acceptors (Lipinski definition) is 1. The lowest BCUT2D eigenvalue weighted by molar-refractivity contribution is -0.137. The fourth-order valence-corrected chi connectivity index (χ4v) is 0.491. The Morgan fingerprint density at radius 1 is 0.950 bits per heavy atom. The van der Waals surface area contributed by atoms with Crippen LogP contribution in [0.25, 0.3) is 0 Å². The molecule has 0 atom stereocenters. The molecular formula is C18H34O2. The van der Waals surface area contributed by atoms with Gasteiger partial charge in [-0.25, -0.2) is 0 Å². The van der Waals surface area contributed by atoms with Crippen molar-refractivity contribution in [3.8, 4) is 0 Å². The quantitative estimate of drug-likeness (QED) is 0.370. The number of allylic oxidation sites excluding steroid dienone is 2. The highest BCUT2D eigenvalue weighted by molar-refractivity contribution is 5.66. The van der Waals surface area contributed by atoms with Gasteiger partial charge in [-0.2, -0.15) is 0 Å². The predicted molar refractivity (Wildman–Crippen MR) is 87.1 cm³/mol. The molecule has 0 rings (SSSR count). The Bertz CT molecular complexity index is 1430. The molecule has 0 bridgehead atoms. The Balaban J connectivity index is 7.71. The molecule has 2 nitrogen and oxygen atoms in total. The topological polar surface area (TPSA) is 37.3 Å². The van der Waals surface area contributed by atoms with Gasteiger partial charge >= 0.3 is 5.97 Å². The zero-order valence-corrected chi connectivity index (χ0v) is 9.86. The molecule has 0 aliphatic carbocycles. The molecule has 118 valence electrons. The van der Waals surface area contributed by atoms with E-state index in [0.717, 1.165) is 0 Å². The monoisotopic (exact) mass is 315 g/mol. The first-order valence-corrected chi connectivity index (χ1v) is 4.68. The number of carboxylic acid groups (broad SMARTS) is 1. The number of rotatable bonds is 15. The Hall–Kier alpha value is -0.790. The van der Waals surface area contributed by atoms with Crippen molar-refractivity contribution in [2.45, 2.75) is 96.1 Å². The zero-order chi connectivity index (χ0) is 44.2. The van der Waals surface area contributed by atoms with E-state index in [4.69, 9.17) is 50.3 Å². The van der Waals surface area contributed by atoms with Crippen molar-refractivity contribution in [1.82, 2.24) is 0 Å². The summed E-state index contributed by atoms with van der Waals surface area (Å²) in [5.74, 6) is -2.75. The van der Waals surface area contributed by atoms with Crippen LogP contribution in [-0.2, 0) is 4.79 Å². The second-order valence-electron chi connectivity index (χ2n) is 2.31. The summed E-state index contributed by atoms with van der Waals surface area (Å²) in [6.45, 7) is -4.09. The van der Waals surface area contributed by atoms with Gasteiger partial charge in [0.15, 0.2) is 0 Å². The maximum absolute atomic E-state index is 11.3.